The number of carbonyl (C=O) groups excluding carboxylic acids is 2. The molecule has 0 spiro atoms. The van der Waals surface area contributed by atoms with Crippen molar-refractivity contribution >= 4 is 11.8 Å². The molecule has 0 radical (unpaired) electrons. The van der Waals surface area contributed by atoms with Gasteiger partial charge in [0.15, 0.2) is 0 Å². The molecule has 0 saturated carbocycles. The molecule has 1 N–H and O–H groups in total. The Bertz CT molecular complexity index is 551. The van der Waals surface area contributed by atoms with Crippen LogP contribution in [0.15, 0.2) is 24.3 Å². The van der Waals surface area contributed by atoms with Crippen LogP contribution in [-0.2, 0) is 15.0 Å². The third-order valence-electron chi connectivity index (χ3n) is 4.01. The molecule has 114 valence electrons. The Labute approximate surface area is 124 Å². The predicted octanol–water partition coefficient (Wildman–Crippen LogP) is 1.70. The fourth-order valence-electron chi connectivity index (χ4n) is 2.37. The van der Waals surface area contributed by atoms with Crippen LogP contribution < -0.4 is 5.32 Å². The van der Waals surface area contributed by atoms with Crippen molar-refractivity contribution < 1.29 is 14.0 Å². The maximum absolute atomic E-state index is 13.3. The van der Waals surface area contributed by atoms with Gasteiger partial charge in [-0.25, -0.2) is 4.39 Å². The second-order valence-electron chi connectivity index (χ2n) is 6.23. The summed E-state index contributed by atoms with van der Waals surface area (Å²) in [5, 5.41) is 2.90. The fourth-order valence-corrected chi connectivity index (χ4v) is 2.37. The molecule has 2 rings (SSSR count). The average molecular weight is 292 g/mol. The Kier molecular flexibility index (Phi) is 4.30. The number of halogens is 1. The number of nitrogens with one attached hydrogen (secondary N) is 1. The standard InChI is InChI=1S/C16H21FN2O2/c1-11(20)19-8-12(9-19)15(21)18-10-16(2,3)13-5-4-6-14(17)7-13/h4-7,12H,8-10H2,1-3H3,(H,18,21). The summed E-state index contributed by atoms with van der Waals surface area (Å²) in [6.45, 7) is 6.84. The first-order valence-electron chi connectivity index (χ1n) is 7.09. The van der Waals surface area contributed by atoms with E-state index in [1.807, 2.05) is 19.9 Å². The number of carbonyl (C=O) groups is 2. The molecule has 5 heteroatoms. The van der Waals surface area contributed by atoms with E-state index in [2.05, 4.69) is 5.32 Å². The second kappa shape index (κ2) is 5.84. The molecule has 4 nitrogen and oxygen atoms in total. The van der Waals surface area contributed by atoms with Gasteiger partial charge in [-0.1, -0.05) is 26.0 Å². The monoisotopic (exact) mass is 292 g/mol. The van der Waals surface area contributed by atoms with Gasteiger partial charge < -0.3 is 10.2 Å². The second-order valence-corrected chi connectivity index (χ2v) is 6.23. The lowest BCUT2D eigenvalue weighted by atomic mass is 9.84. The van der Waals surface area contributed by atoms with Gasteiger partial charge in [-0.2, -0.15) is 0 Å². The van der Waals surface area contributed by atoms with Crippen LogP contribution in [0.3, 0.4) is 0 Å². The Morgan fingerprint density at radius 2 is 2.05 bits per heavy atom. The van der Waals surface area contributed by atoms with Gasteiger partial charge in [0, 0.05) is 32.0 Å². The summed E-state index contributed by atoms with van der Waals surface area (Å²) in [5.74, 6) is -0.448. The Morgan fingerprint density at radius 3 is 2.62 bits per heavy atom. The molecule has 0 aromatic heterocycles. The fraction of sp³-hybridized carbons (Fsp3) is 0.500. The highest BCUT2D eigenvalue weighted by atomic mass is 19.1. The highest BCUT2D eigenvalue weighted by molar-refractivity contribution is 5.83. The molecular formula is C16H21FN2O2. The molecule has 1 fully saturated rings. The largest absolute Gasteiger partial charge is 0.355 e. The summed E-state index contributed by atoms with van der Waals surface area (Å²) >= 11 is 0. The summed E-state index contributed by atoms with van der Waals surface area (Å²) in [5.41, 5.74) is 0.503. The average Bonchev–Trinajstić information content (AvgIpc) is 2.34. The first-order valence-corrected chi connectivity index (χ1v) is 7.09. The number of hydrogen-bond donors (Lipinski definition) is 1. The van der Waals surface area contributed by atoms with E-state index in [1.54, 1.807) is 11.0 Å². The normalized spacial score (nSPS) is 15.5. The maximum Gasteiger partial charge on any atom is 0.226 e. The van der Waals surface area contributed by atoms with Crippen molar-refractivity contribution in [3.05, 3.63) is 35.6 Å². The van der Waals surface area contributed by atoms with Gasteiger partial charge in [-0.05, 0) is 17.7 Å². The minimum atomic E-state index is -0.345. The van der Waals surface area contributed by atoms with E-state index in [4.69, 9.17) is 0 Å². The molecule has 0 atom stereocenters. The van der Waals surface area contributed by atoms with Gasteiger partial charge in [0.05, 0.1) is 5.92 Å². The number of hydrogen-bond acceptors (Lipinski definition) is 2. The first kappa shape index (κ1) is 15.5. The molecule has 1 aliphatic heterocycles. The highest BCUT2D eigenvalue weighted by Gasteiger charge is 2.34. The van der Waals surface area contributed by atoms with Gasteiger partial charge in [0.2, 0.25) is 11.8 Å². The van der Waals surface area contributed by atoms with Crippen LogP contribution in [-0.4, -0.2) is 36.3 Å². The van der Waals surface area contributed by atoms with Gasteiger partial charge >= 0.3 is 0 Å². The van der Waals surface area contributed by atoms with Crippen LogP contribution in [0, 0.1) is 11.7 Å². The first-order chi connectivity index (χ1) is 9.79. The van der Waals surface area contributed by atoms with Crippen molar-refractivity contribution in [2.24, 2.45) is 5.92 Å². The molecule has 21 heavy (non-hydrogen) atoms. The van der Waals surface area contributed by atoms with E-state index in [-0.39, 0.29) is 29.0 Å². The molecule has 2 amide bonds. The molecule has 0 aliphatic carbocycles. The molecule has 1 saturated heterocycles. The molecule has 1 aromatic carbocycles. The summed E-state index contributed by atoms with van der Waals surface area (Å²) in [4.78, 5) is 24.7. The molecule has 1 aromatic rings. The molecular weight excluding hydrogens is 271 g/mol. The van der Waals surface area contributed by atoms with Crippen molar-refractivity contribution in [3.8, 4) is 0 Å². The smallest absolute Gasteiger partial charge is 0.226 e. The summed E-state index contributed by atoms with van der Waals surface area (Å²) in [6.07, 6.45) is 0. The van der Waals surface area contributed by atoms with E-state index in [9.17, 15) is 14.0 Å². The van der Waals surface area contributed by atoms with Gasteiger partial charge in [0.25, 0.3) is 0 Å². The lowest BCUT2D eigenvalue weighted by Gasteiger charge is -2.38. The van der Waals surface area contributed by atoms with E-state index < -0.39 is 0 Å². The third-order valence-corrected chi connectivity index (χ3v) is 4.01. The zero-order valence-corrected chi connectivity index (χ0v) is 12.6. The van der Waals surface area contributed by atoms with Gasteiger partial charge in [0.1, 0.15) is 5.82 Å². The van der Waals surface area contributed by atoms with Crippen molar-refractivity contribution in [3.63, 3.8) is 0 Å². The van der Waals surface area contributed by atoms with Gasteiger partial charge in [-0.15, -0.1) is 0 Å². The van der Waals surface area contributed by atoms with Crippen LogP contribution in [0.1, 0.15) is 26.3 Å². The Balaban J connectivity index is 1.87. The number of likely N-dealkylation sites (tertiary alicyclic amines) is 1. The lowest BCUT2D eigenvalue weighted by molar-refractivity contribution is -0.141. The topological polar surface area (TPSA) is 49.4 Å². The molecule has 1 heterocycles. The minimum Gasteiger partial charge on any atom is -0.355 e. The summed E-state index contributed by atoms with van der Waals surface area (Å²) in [7, 11) is 0. The number of benzene rings is 1. The van der Waals surface area contributed by atoms with Crippen molar-refractivity contribution in [2.45, 2.75) is 26.2 Å². The van der Waals surface area contributed by atoms with Crippen molar-refractivity contribution in [1.82, 2.24) is 10.2 Å². The third kappa shape index (κ3) is 3.60. The predicted molar refractivity (Wildman–Crippen MR) is 78.2 cm³/mol. The Hall–Kier alpha value is -1.91. The van der Waals surface area contributed by atoms with E-state index in [0.29, 0.717) is 19.6 Å². The van der Waals surface area contributed by atoms with Crippen LogP contribution in [0.2, 0.25) is 0 Å². The van der Waals surface area contributed by atoms with E-state index >= 15 is 0 Å². The van der Waals surface area contributed by atoms with Crippen molar-refractivity contribution in [1.29, 1.82) is 0 Å². The van der Waals surface area contributed by atoms with Crippen LogP contribution >= 0.6 is 0 Å². The summed E-state index contributed by atoms with van der Waals surface area (Å²) < 4.78 is 13.3. The molecule has 1 aliphatic rings. The van der Waals surface area contributed by atoms with Crippen molar-refractivity contribution in [2.75, 3.05) is 19.6 Å². The van der Waals surface area contributed by atoms with Crippen LogP contribution in [0.25, 0.3) is 0 Å². The minimum absolute atomic E-state index is 0.000796. The Morgan fingerprint density at radius 1 is 1.38 bits per heavy atom. The zero-order valence-electron chi connectivity index (χ0n) is 12.6. The van der Waals surface area contributed by atoms with Gasteiger partial charge in [-0.3, -0.25) is 9.59 Å². The number of rotatable bonds is 4. The number of nitrogens with zero attached hydrogens (tertiary/aromatic N) is 1. The molecule has 0 bridgehead atoms. The highest BCUT2D eigenvalue weighted by Crippen LogP contribution is 2.23. The van der Waals surface area contributed by atoms with Crippen LogP contribution in [0.4, 0.5) is 4.39 Å². The summed E-state index contributed by atoms with van der Waals surface area (Å²) in [6, 6.07) is 6.43. The SMILES string of the molecule is CC(=O)N1CC(C(=O)NCC(C)(C)c2cccc(F)c2)C1. The lowest BCUT2D eigenvalue weighted by Crippen LogP contribution is -2.56. The maximum atomic E-state index is 13.3. The van der Waals surface area contributed by atoms with Crippen LogP contribution in [0.5, 0.6) is 0 Å². The van der Waals surface area contributed by atoms with E-state index in [0.717, 1.165) is 5.56 Å². The quantitative estimate of drug-likeness (QED) is 0.918. The number of amides is 2. The zero-order chi connectivity index (χ0) is 15.6. The van der Waals surface area contributed by atoms with E-state index in [1.165, 1.54) is 19.1 Å². The molecule has 0 unspecified atom stereocenters.